The molecule has 2 atom stereocenters. The number of nitrogens with zero attached hydrogens (tertiary/aromatic N) is 1. The Morgan fingerprint density at radius 2 is 1.82 bits per heavy atom. The number of nitrogens with one attached hydrogen (secondary N) is 1. The zero-order valence-electron chi connectivity index (χ0n) is 13.8. The molecule has 1 N–H and O–H groups in total. The number of rotatable bonds is 4. The Kier molecular flexibility index (Phi) is 6.52. The number of alkyl halides is 3. The fourth-order valence-electron chi connectivity index (χ4n) is 2.62. The minimum absolute atomic E-state index is 0.184. The molecule has 4 nitrogen and oxygen atoms in total. The highest BCUT2D eigenvalue weighted by Crippen LogP contribution is 2.37. The Balaban J connectivity index is 2.40. The Morgan fingerprint density at radius 3 is 2.36 bits per heavy atom. The van der Waals surface area contributed by atoms with E-state index in [-0.39, 0.29) is 6.42 Å². The topological polar surface area (TPSA) is 41.6 Å². The van der Waals surface area contributed by atoms with Gasteiger partial charge in [-0.2, -0.15) is 13.2 Å². The van der Waals surface area contributed by atoms with Crippen LogP contribution in [0.3, 0.4) is 0 Å². The zero-order valence-corrected chi connectivity index (χ0v) is 13.8. The third-order valence-corrected chi connectivity index (χ3v) is 3.75. The van der Waals surface area contributed by atoms with Gasteiger partial charge < -0.3 is 15.0 Å². The summed E-state index contributed by atoms with van der Waals surface area (Å²) in [5, 5.41) is 2.96. The highest BCUT2D eigenvalue weighted by Gasteiger charge is 2.45. The van der Waals surface area contributed by atoms with Crippen molar-refractivity contribution in [3.63, 3.8) is 0 Å². The summed E-state index contributed by atoms with van der Waals surface area (Å²) in [6.45, 7) is 5.95. The number of amides is 1. The second-order valence-electron chi connectivity index (χ2n) is 6.90. The van der Waals surface area contributed by atoms with Crippen molar-refractivity contribution in [2.24, 2.45) is 5.92 Å². The van der Waals surface area contributed by atoms with E-state index in [0.717, 1.165) is 6.42 Å². The number of ether oxygens (including phenoxy) is 1. The lowest BCUT2D eigenvalue weighted by Gasteiger charge is -2.34. The molecule has 0 saturated heterocycles. The van der Waals surface area contributed by atoms with Gasteiger partial charge in [0.05, 0.1) is 5.92 Å². The van der Waals surface area contributed by atoms with Crippen molar-refractivity contribution in [3.8, 4) is 0 Å². The van der Waals surface area contributed by atoms with Gasteiger partial charge >= 0.3 is 12.3 Å². The monoisotopic (exact) mass is 324 g/mol. The second kappa shape index (κ2) is 7.53. The summed E-state index contributed by atoms with van der Waals surface area (Å²) < 4.78 is 44.1. The normalized spacial score (nSPS) is 23.2. The molecule has 0 heterocycles. The van der Waals surface area contributed by atoms with Crippen LogP contribution in [0.15, 0.2) is 0 Å². The van der Waals surface area contributed by atoms with Crippen LogP contribution in [0.25, 0.3) is 0 Å². The van der Waals surface area contributed by atoms with Gasteiger partial charge in [-0.3, -0.25) is 0 Å². The zero-order chi connectivity index (χ0) is 17.0. The number of halogens is 3. The van der Waals surface area contributed by atoms with E-state index in [9.17, 15) is 18.0 Å². The van der Waals surface area contributed by atoms with Gasteiger partial charge in [0.15, 0.2) is 0 Å². The molecule has 7 heteroatoms. The molecule has 1 aliphatic carbocycles. The van der Waals surface area contributed by atoms with Crippen LogP contribution >= 0.6 is 0 Å². The average molecular weight is 324 g/mol. The molecule has 1 rings (SSSR count). The smallest absolute Gasteiger partial charge is 0.410 e. The van der Waals surface area contributed by atoms with Crippen molar-refractivity contribution in [1.82, 2.24) is 10.2 Å². The molecule has 0 bridgehead atoms. The molecule has 1 fully saturated rings. The Labute approximate surface area is 130 Å². The summed E-state index contributed by atoms with van der Waals surface area (Å²) >= 11 is 0. The minimum Gasteiger partial charge on any atom is -0.444 e. The van der Waals surface area contributed by atoms with Gasteiger partial charge in [0, 0.05) is 26.2 Å². The molecule has 0 spiro atoms. The van der Waals surface area contributed by atoms with Gasteiger partial charge in [0.2, 0.25) is 0 Å². The first-order chi connectivity index (χ1) is 10.0. The lowest BCUT2D eigenvalue weighted by atomic mass is 9.84. The lowest BCUT2D eigenvalue weighted by Crippen LogP contribution is -2.48. The average Bonchev–Trinajstić information content (AvgIpc) is 2.36. The fraction of sp³-hybridized carbons (Fsp3) is 0.933. The Morgan fingerprint density at radius 1 is 1.23 bits per heavy atom. The molecule has 0 aliphatic heterocycles. The lowest BCUT2D eigenvalue weighted by molar-refractivity contribution is -0.188. The van der Waals surface area contributed by atoms with E-state index in [0.29, 0.717) is 25.9 Å². The van der Waals surface area contributed by atoms with Crippen molar-refractivity contribution in [2.75, 3.05) is 20.1 Å². The molecule has 1 amide bonds. The highest BCUT2D eigenvalue weighted by atomic mass is 19.4. The molecule has 0 radical (unpaired) electrons. The SMILES string of the molecule is CN(CCNC1CCCCC1C(F)(F)F)C(=O)OC(C)(C)C. The molecule has 130 valence electrons. The van der Waals surface area contributed by atoms with Crippen LogP contribution in [0.5, 0.6) is 0 Å². The minimum atomic E-state index is -4.16. The first-order valence-electron chi connectivity index (χ1n) is 7.75. The number of hydrogen-bond acceptors (Lipinski definition) is 3. The Bertz CT molecular complexity index is 367. The van der Waals surface area contributed by atoms with E-state index in [1.165, 1.54) is 4.90 Å². The predicted octanol–water partition coefficient (Wildman–Crippen LogP) is 3.56. The first kappa shape index (κ1) is 19.1. The van der Waals surface area contributed by atoms with Crippen LogP contribution < -0.4 is 5.32 Å². The summed E-state index contributed by atoms with van der Waals surface area (Å²) in [6, 6.07) is -0.555. The third kappa shape index (κ3) is 6.42. The second-order valence-corrected chi connectivity index (χ2v) is 6.90. The quantitative estimate of drug-likeness (QED) is 0.859. The molecule has 1 saturated carbocycles. The summed E-state index contributed by atoms with van der Waals surface area (Å²) in [6.07, 6.45) is -2.48. The number of hydrogen-bond donors (Lipinski definition) is 1. The van der Waals surface area contributed by atoms with Crippen molar-refractivity contribution in [2.45, 2.75) is 64.3 Å². The largest absolute Gasteiger partial charge is 0.444 e. The standard InChI is InChI=1S/C15H27F3N2O2/c1-14(2,3)22-13(21)20(4)10-9-19-12-8-6-5-7-11(12)15(16,17)18/h11-12,19H,5-10H2,1-4H3. The summed E-state index contributed by atoms with van der Waals surface area (Å²) in [5.74, 6) is -1.28. The maximum Gasteiger partial charge on any atom is 0.410 e. The van der Waals surface area contributed by atoms with Crippen LogP contribution in [-0.4, -0.2) is 48.9 Å². The van der Waals surface area contributed by atoms with E-state index < -0.39 is 29.8 Å². The van der Waals surface area contributed by atoms with E-state index in [2.05, 4.69) is 5.32 Å². The third-order valence-electron chi connectivity index (χ3n) is 3.75. The fourth-order valence-corrected chi connectivity index (χ4v) is 2.62. The Hall–Kier alpha value is -0.980. The number of carbonyl (C=O) groups excluding carboxylic acids is 1. The number of likely N-dealkylation sites (N-methyl/N-ethyl adjacent to an activating group) is 1. The summed E-state index contributed by atoms with van der Waals surface area (Å²) in [5.41, 5.74) is -0.580. The maximum atomic E-state index is 13.0. The molecule has 0 aromatic carbocycles. The molecule has 22 heavy (non-hydrogen) atoms. The van der Waals surface area contributed by atoms with Crippen LogP contribution in [0, 0.1) is 5.92 Å². The molecule has 0 aromatic rings. The number of carbonyl (C=O) groups is 1. The van der Waals surface area contributed by atoms with E-state index in [1.807, 2.05) is 0 Å². The predicted molar refractivity (Wildman–Crippen MR) is 78.7 cm³/mol. The van der Waals surface area contributed by atoms with Crippen molar-refractivity contribution >= 4 is 6.09 Å². The van der Waals surface area contributed by atoms with Gasteiger partial charge in [-0.25, -0.2) is 4.79 Å². The van der Waals surface area contributed by atoms with Crippen LogP contribution in [0.1, 0.15) is 46.5 Å². The van der Waals surface area contributed by atoms with Crippen LogP contribution in [-0.2, 0) is 4.74 Å². The van der Waals surface area contributed by atoms with E-state index in [1.54, 1.807) is 27.8 Å². The van der Waals surface area contributed by atoms with Gasteiger partial charge in [-0.15, -0.1) is 0 Å². The summed E-state index contributed by atoms with van der Waals surface area (Å²) in [4.78, 5) is 13.1. The van der Waals surface area contributed by atoms with Crippen LogP contribution in [0.2, 0.25) is 0 Å². The van der Waals surface area contributed by atoms with Gasteiger partial charge in [0.25, 0.3) is 0 Å². The molecular weight excluding hydrogens is 297 g/mol. The van der Waals surface area contributed by atoms with Crippen LogP contribution in [0.4, 0.5) is 18.0 Å². The van der Waals surface area contributed by atoms with Crippen molar-refractivity contribution in [1.29, 1.82) is 0 Å². The van der Waals surface area contributed by atoms with Gasteiger partial charge in [0.1, 0.15) is 5.60 Å². The van der Waals surface area contributed by atoms with Gasteiger partial charge in [-0.05, 0) is 33.6 Å². The van der Waals surface area contributed by atoms with Crippen molar-refractivity contribution in [3.05, 3.63) is 0 Å². The van der Waals surface area contributed by atoms with Crippen molar-refractivity contribution < 1.29 is 22.7 Å². The molecule has 0 aromatic heterocycles. The molecule has 1 aliphatic rings. The molecular formula is C15H27F3N2O2. The van der Waals surface area contributed by atoms with E-state index >= 15 is 0 Å². The highest BCUT2D eigenvalue weighted by molar-refractivity contribution is 5.67. The first-order valence-corrected chi connectivity index (χ1v) is 7.75. The summed E-state index contributed by atoms with van der Waals surface area (Å²) in [7, 11) is 1.58. The molecule has 2 unspecified atom stereocenters. The van der Waals surface area contributed by atoms with E-state index in [4.69, 9.17) is 4.74 Å². The van der Waals surface area contributed by atoms with Gasteiger partial charge in [-0.1, -0.05) is 12.8 Å². The maximum absolute atomic E-state index is 13.0.